The van der Waals surface area contributed by atoms with Crippen molar-refractivity contribution in [3.63, 3.8) is 0 Å². The van der Waals surface area contributed by atoms with Gasteiger partial charge in [0.15, 0.2) is 0 Å². The van der Waals surface area contributed by atoms with E-state index in [2.05, 4.69) is 0 Å². The lowest BCUT2D eigenvalue weighted by molar-refractivity contribution is 0.0320. The highest BCUT2D eigenvalue weighted by atomic mass is 16.5. The van der Waals surface area contributed by atoms with Crippen LogP contribution in [0.3, 0.4) is 0 Å². The lowest BCUT2D eigenvalue weighted by Gasteiger charge is -2.24. The van der Waals surface area contributed by atoms with Crippen LogP contribution in [0.1, 0.15) is 18.4 Å². The van der Waals surface area contributed by atoms with E-state index in [1.165, 1.54) is 5.56 Å². The first-order chi connectivity index (χ1) is 8.29. The maximum Gasteiger partial charge on any atom is 0.0887 e. The molecular weight excluding hydrogens is 212 g/mol. The third-order valence-corrected chi connectivity index (χ3v) is 2.92. The predicted molar refractivity (Wildman–Crippen MR) is 68.6 cm³/mol. The van der Waals surface area contributed by atoms with E-state index in [4.69, 9.17) is 4.74 Å². The highest BCUT2D eigenvalue weighted by Gasteiger charge is 2.22. The van der Waals surface area contributed by atoms with Crippen LogP contribution in [0.4, 0.5) is 0 Å². The molecule has 0 fully saturated rings. The number of ether oxygens (including phenoxy) is 1. The zero-order chi connectivity index (χ0) is 12.0. The monoisotopic (exact) mass is 230 g/mol. The molecule has 0 spiro atoms. The topological polar surface area (TPSA) is 29.5 Å². The quantitative estimate of drug-likeness (QED) is 0.788. The zero-order valence-corrected chi connectivity index (χ0v) is 9.88. The second-order valence-electron chi connectivity index (χ2n) is 4.38. The van der Waals surface area contributed by atoms with E-state index in [9.17, 15) is 5.11 Å². The maximum absolute atomic E-state index is 10.2. The summed E-state index contributed by atoms with van der Waals surface area (Å²) in [6.07, 6.45) is 8.99. The van der Waals surface area contributed by atoms with Gasteiger partial charge >= 0.3 is 0 Å². The molecule has 2 rings (SSSR count). The highest BCUT2D eigenvalue weighted by molar-refractivity contribution is 5.17. The Bertz CT molecular complexity index is 395. The van der Waals surface area contributed by atoms with Crippen LogP contribution in [0.5, 0.6) is 0 Å². The summed E-state index contributed by atoms with van der Waals surface area (Å²) in [6.45, 7) is 1.18. The largest absolute Gasteiger partial charge is 0.385 e. The lowest BCUT2D eigenvalue weighted by Crippen LogP contribution is -2.28. The molecule has 0 radical (unpaired) electrons. The molecule has 1 aliphatic rings. The van der Waals surface area contributed by atoms with Crippen LogP contribution in [0.15, 0.2) is 54.6 Å². The molecule has 0 heterocycles. The molecule has 2 nitrogen and oxygen atoms in total. The predicted octanol–water partition coefficient (Wildman–Crippen LogP) is 2.84. The van der Waals surface area contributed by atoms with Crippen molar-refractivity contribution < 1.29 is 9.84 Å². The van der Waals surface area contributed by atoms with E-state index < -0.39 is 5.60 Å². The van der Waals surface area contributed by atoms with Gasteiger partial charge in [-0.1, -0.05) is 54.6 Å². The number of aliphatic hydroxyl groups is 1. The molecule has 0 amide bonds. The van der Waals surface area contributed by atoms with Crippen molar-refractivity contribution in [2.45, 2.75) is 25.0 Å². The number of hydrogen-bond donors (Lipinski definition) is 1. The number of allylic oxidation sites excluding steroid dienone is 2. The second kappa shape index (κ2) is 5.80. The summed E-state index contributed by atoms with van der Waals surface area (Å²) < 4.78 is 5.57. The molecule has 0 aromatic heterocycles. The fourth-order valence-corrected chi connectivity index (χ4v) is 1.85. The van der Waals surface area contributed by atoms with Crippen LogP contribution in [-0.2, 0) is 11.3 Å². The van der Waals surface area contributed by atoms with Crippen LogP contribution in [-0.4, -0.2) is 17.3 Å². The Morgan fingerprint density at radius 1 is 1.18 bits per heavy atom. The SMILES string of the molecule is OC1(CCOCc2ccccc2)C=CC=CC1. The van der Waals surface area contributed by atoms with Gasteiger partial charge in [0, 0.05) is 6.42 Å². The van der Waals surface area contributed by atoms with Crippen molar-refractivity contribution in [1.29, 1.82) is 0 Å². The van der Waals surface area contributed by atoms with E-state index >= 15 is 0 Å². The summed E-state index contributed by atoms with van der Waals surface area (Å²) in [5.41, 5.74) is 0.449. The number of rotatable bonds is 5. The van der Waals surface area contributed by atoms with Crippen molar-refractivity contribution in [3.05, 3.63) is 60.2 Å². The van der Waals surface area contributed by atoms with Gasteiger partial charge < -0.3 is 9.84 Å². The third-order valence-electron chi connectivity index (χ3n) is 2.92. The third kappa shape index (κ3) is 3.84. The minimum Gasteiger partial charge on any atom is -0.385 e. The normalized spacial score (nSPS) is 22.9. The van der Waals surface area contributed by atoms with E-state index in [-0.39, 0.29) is 0 Å². The number of benzene rings is 1. The summed E-state index contributed by atoms with van der Waals surface area (Å²) in [4.78, 5) is 0. The minimum atomic E-state index is -0.717. The van der Waals surface area contributed by atoms with Crippen molar-refractivity contribution in [3.8, 4) is 0 Å². The van der Waals surface area contributed by atoms with Gasteiger partial charge in [-0.2, -0.15) is 0 Å². The van der Waals surface area contributed by atoms with Gasteiger partial charge in [-0.25, -0.2) is 0 Å². The molecule has 90 valence electrons. The average molecular weight is 230 g/mol. The molecule has 1 atom stereocenters. The number of hydrogen-bond acceptors (Lipinski definition) is 2. The molecule has 1 aromatic rings. The van der Waals surface area contributed by atoms with Gasteiger partial charge in [-0.05, 0) is 12.0 Å². The molecule has 1 unspecified atom stereocenters. The van der Waals surface area contributed by atoms with E-state index in [0.717, 1.165) is 0 Å². The maximum atomic E-state index is 10.2. The molecule has 1 N–H and O–H groups in total. The van der Waals surface area contributed by atoms with Crippen molar-refractivity contribution in [2.75, 3.05) is 6.61 Å². The Morgan fingerprint density at radius 2 is 2.00 bits per heavy atom. The van der Waals surface area contributed by atoms with Crippen LogP contribution in [0.25, 0.3) is 0 Å². The fourth-order valence-electron chi connectivity index (χ4n) is 1.85. The summed E-state index contributed by atoms with van der Waals surface area (Å²) in [5, 5.41) is 10.2. The first-order valence-electron chi connectivity index (χ1n) is 5.97. The molecule has 17 heavy (non-hydrogen) atoms. The van der Waals surface area contributed by atoms with Crippen molar-refractivity contribution in [1.82, 2.24) is 0 Å². The molecule has 0 bridgehead atoms. The second-order valence-corrected chi connectivity index (χ2v) is 4.38. The molecule has 0 saturated heterocycles. The first kappa shape index (κ1) is 12.1. The minimum absolute atomic E-state index is 0.573. The summed E-state index contributed by atoms with van der Waals surface area (Å²) in [7, 11) is 0. The van der Waals surface area contributed by atoms with Crippen molar-refractivity contribution >= 4 is 0 Å². The van der Waals surface area contributed by atoms with Crippen molar-refractivity contribution in [2.24, 2.45) is 0 Å². The van der Waals surface area contributed by atoms with Gasteiger partial charge in [-0.3, -0.25) is 0 Å². The molecular formula is C15H18O2. The van der Waals surface area contributed by atoms with Gasteiger partial charge in [0.05, 0.1) is 18.8 Å². The first-order valence-corrected chi connectivity index (χ1v) is 5.97. The van der Waals surface area contributed by atoms with Crippen LogP contribution >= 0.6 is 0 Å². The molecule has 1 aliphatic carbocycles. The summed E-state index contributed by atoms with van der Waals surface area (Å²) >= 11 is 0. The molecule has 2 heteroatoms. The summed E-state index contributed by atoms with van der Waals surface area (Å²) in [5.74, 6) is 0. The van der Waals surface area contributed by atoms with Gasteiger partial charge in [0.1, 0.15) is 0 Å². The smallest absolute Gasteiger partial charge is 0.0887 e. The van der Waals surface area contributed by atoms with E-state index in [0.29, 0.717) is 26.1 Å². The Kier molecular flexibility index (Phi) is 4.13. The van der Waals surface area contributed by atoms with Crippen LogP contribution < -0.4 is 0 Å². The average Bonchev–Trinajstić information content (AvgIpc) is 2.37. The van der Waals surface area contributed by atoms with Crippen LogP contribution in [0.2, 0.25) is 0 Å². The Morgan fingerprint density at radius 3 is 2.71 bits per heavy atom. The van der Waals surface area contributed by atoms with Gasteiger partial charge in [0.2, 0.25) is 0 Å². The van der Waals surface area contributed by atoms with E-state index in [1.807, 2.05) is 54.6 Å². The summed E-state index contributed by atoms with van der Waals surface area (Å²) in [6, 6.07) is 10.1. The molecule has 0 aliphatic heterocycles. The molecule has 1 aromatic carbocycles. The Hall–Kier alpha value is -1.38. The molecule has 0 saturated carbocycles. The fraction of sp³-hybridized carbons (Fsp3) is 0.333. The van der Waals surface area contributed by atoms with Gasteiger partial charge in [0.25, 0.3) is 0 Å². The Labute approximate surface area is 102 Å². The lowest BCUT2D eigenvalue weighted by atomic mass is 9.92. The Balaban J connectivity index is 1.70. The van der Waals surface area contributed by atoms with E-state index in [1.54, 1.807) is 0 Å². The van der Waals surface area contributed by atoms with Gasteiger partial charge in [-0.15, -0.1) is 0 Å². The highest BCUT2D eigenvalue weighted by Crippen LogP contribution is 2.21. The standard InChI is InChI=1S/C15H18O2/c16-15(9-5-2-6-10-15)11-12-17-13-14-7-3-1-4-8-14/h1-9,16H,10-13H2. The zero-order valence-electron chi connectivity index (χ0n) is 9.88. The van der Waals surface area contributed by atoms with Crippen LogP contribution in [0, 0.1) is 0 Å².